The first kappa shape index (κ1) is 15.0. The number of benzene rings is 1. The highest BCUT2D eigenvalue weighted by atomic mass is 15.1. The zero-order valence-corrected chi connectivity index (χ0v) is 13.0. The van der Waals surface area contributed by atoms with Crippen LogP contribution in [0.4, 0.5) is 5.69 Å². The second-order valence-electron chi connectivity index (χ2n) is 6.38. The van der Waals surface area contributed by atoms with Crippen LogP contribution in [0.5, 0.6) is 0 Å². The Morgan fingerprint density at radius 2 is 1.83 bits per heavy atom. The Balaban J connectivity index is 2.84. The van der Waals surface area contributed by atoms with E-state index in [4.69, 9.17) is 0 Å². The Labute approximate surface area is 112 Å². The third-order valence-electron chi connectivity index (χ3n) is 3.61. The van der Waals surface area contributed by atoms with Crippen LogP contribution in [0.1, 0.15) is 31.9 Å². The van der Waals surface area contributed by atoms with Gasteiger partial charge in [0.25, 0.3) is 0 Å². The van der Waals surface area contributed by atoms with Crippen LogP contribution in [-0.2, 0) is 0 Å². The third kappa shape index (κ3) is 3.74. The predicted octanol–water partition coefficient (Wildman–Crippen LogP) is 3.37. The van der Waals surface area contributed by atoms with Crippen molar-refractivity contribution < 1.29 is 0 Å². The topological polar surface area (TPSA) is 15.3 Å². The molecule has 0 saturated carbocycles. The smallest absolute Gasteiger partial charge is 0.0394 e. The molecule has 2 heteroatoms. The van der Waals surface area contributed by atoms with Crippen LogP contribution in [0.2, 0.25) is 0 Å². The van der Waals surface area contributed by atoms with Crippen molar-refractivity contribution in [3.8, 4) is 0 Å². The molecule has 0 aliphatic carbocycles. The summed E-state index contributed by atoms with van der Waals surface area (Å²) in [7, 11) is 4.22. The maximum absolute atomic E-state index is 3.43. The van der Waals surface area contributed by atoms with Crippen molar-refractivity contribution in [2.24, 2.45) is 5.41 Å². The molecule has 2 nitrogen and oxygen atoms in total. The van der Waals surface area contributed by atoms with E-state index in [1.54, 1.807) is 0 Å². The molecule has 0 aliphatic heterocycles. The van der Waals surface area contributed by atoms with E-state index in [2.05, 4.69) is 70.1 Å². The highest BCUT2D eigenvalue weighted by Crippen LogP contribution is 2.24. The average Bonchev–Trinajstić information content (AvgIpc) is 2.23. The average molecular weight is 248 g/mol. The van der Waals surface area contributed by atoms with Crippen molar-refractivity contribution in [2.45, 2.75) is 40.7 Å². The van der Waals surface area contributed by atoms with Crippen LogP contribution < -0.4 is 10.2 Å². The van der Waals surface area contributed by atoms with Gasteiger partial charge in [-0.1, -0.05) is 38.5 Å². The molecule has 0 heterocycles. The molecule has 0 aliphatic rings. The van der Waals surface area contributed by atoms with E-state index in [-0.39, 0.29) is 5.41 Å². The normalized spacial score (nSPS) is 13.5. The standard InChI is InChI=1S/C16H28N2/c1-12-8-9-14(13(2)10-12)18(7)11-15(17-6)16(3,4)5/h8-10,15,17H,11H2,1-7H3. The van der Waals surface area contributed by atoms with Gasteiger partial charge < -0.3 is 10.2 Å². The number of aryl methyl sites for hydroxylation is 2. The maximum Gasteiger partial charge on any atom is 0.0394 e. The summed E-state index contributed by atoms with van der Waals surface area (Å²) in [6.45, 7) is 12.2. The van der Waals surface area contributed by atoms with Crippen LogP contribution in [0, 0.1) is 19.3 Å². The van der Waals surface area contributed by atoms with E-state index in [1.165, 1.54) is 16.8 Å². The van der Waals surface area contributed by atoms with Crippen LogP contribution in [0.3, 0.4) is 0 Å². The van der Waals surface area contributed by atoms with E-state index in [9.17, 15) is 0 Å². The molecule has 0 aromatic heterocycles. The molecule has 1 aromatic carbocycles. The highest BCUT2D eigenvalue weighted by molar-refractivity contribution is 5.53. The molecular formula is C16H28N2. The summed E-state index contributed by atoms with van der Waals surface area (Å²) >= 11 is 0. The highest BCUT2D eigenvalue weighted by Gasteiger charge is 2.24. The lowest BCUT2D eigenvalue weighted by Crippen LogP contribution is -2.46. The van der Waals surface area contributed by atoms with Gasteiger partial charge in [-0.05, 0) is 37.9 Å². The molecule has 102 valence electrons. The second-order valence-corrected chi connectivity index (χ2v) is 6.38. The fourth-order valence-corrected chi connectivity index (χ4v) is 2.40. The van der Waals surface area contributed by atoms with E-state index in [0.717, 1.165) is 6.54 Å². The van der Waals surface area contributed by atoms with Gasteiger partial charge in [0, 0.05) is 25.3 Å². The number of hydrogen-bond acceptors (Lipinski definition) is 2. The van der Waals surface area contributed by atoms with Gasteiger partial charge in [-0.25, -0.2) is 0 Å². The van der Waals surface area contributed by atoms with Gasteiger partial charge >= 0.3 is 0 Å². The SMILES string of the molecule is CNC(CN(C)c1ccc(C)cc1C)C(C)(C)C. The second kappa shape index (κ2) is 5.75. The molecule has 1 aromatic rings. The minimum absolute atomic E-state index is 0.265. The zero-order valence-electron chi connectivity index (χ0n) is 13.0. The fourth-order valence-electron chi connectivity index (χ4n) is 2.40. The van der Waals surface area contributed by atoms with Crippen molar-refractivity contribution >= 4 is 5.69 Å². The molecule has 0 bridgehead atoms. The van der Waals surface area contributed by atoms with Gasteiger partial charge in [0.2, 0.25) is 0 Å². The summed E-state index contributed by atoms with van der Waals surface area (Å²) in [5.41, 5.74) is 4.26. The molecule has 0 spiro atoms. The van der Waals surface area contributed by atoms with E-state index in [1.807, 2.05) is 7.05 Å². The van der Waals surface area contributed by atoms with Crippen LogP contribution in [0.25, 0.3) is 0 Å². The summed E-state index contributed by atoms with van der Waals surface area (Å²) in [5.74, 6) is 0. The largest absolute Gasteiger partial charge is 0.373 e. The molecule has 1 atom stereocenters. The monoisotopic (exact) mass is 248 g/mol. The predicted molar refractivity (Wildman–Crippen MR) is 81.5 cm³/mol. The third-order valence-corrected chi connectivity index (χ3v) is 3.61. The van der Waals surface area contributed by atoms with Crippen molar-refractivity contribution in [1.82, 2.24) is 5.32 Å². The van der Waals surface area contributed by atoms with Crippen molar-refractivity contribution in [1.29, 1.82) is 0 Å². The minimum atomic E-state index is 0.265. The van der Waals surface area contributed by atoms with Gasteiger partial charge in [-0.2, -0.15) is 0 Å². The molecule has 0 amide bonds. The first-order valence-electron chi connectivity index (χ1n) is 6.71. The van der Waals surface area contributed by atoms with Gasteiger partial charge in [-0.15, -0.1) is 0 Å². The Bertz CT molecular complexity index is 391. The number of rotatable bonds is 4. The number of nitrogens with one attached hydrogen (secondary N) is 1. The summed E-state index contributed by atoms with van der Waals surface area (Å²) in [6, 6.07) is 7.13. The number of anilines is 1. The first-order chi connectivity index (χ1) is 8.25. The van der Waals surface area contributed by atoms with E-state index >= 15 is 0 Å². The first-order valence-corrected chi connectivity index (χ1v) is 6.71. The molecule has 1 unspecified atom stereocenters. The number of hydrogen-bond donors (Lipinski definition) is 1. The molecule has 0 fully saturated rings. The van der Waals surface area contributed by atoms with Crippen LogP contribution >= 0.6 is 0 Å². The summed E-state index contributed by atoms with van der Waals surface area (Å²) in [4.78, 5) is 2.35. The van der Waals surface area contributed by atoms with Gasteiger partial charge in [0.15, 0.2) is 0 Å². The Morgan fingerprint density at radius 1 is 1.22 bits per heavy atom. The lowest BCUT2D eigenvalue weighted by molar-refractivity contribution is 0.285. The summed E-state index contributed by atoms with van der Waals surface area (Å²) in [5, 5.41) is 3.43. The summed E-state index contributed by atoms with van der Waals surface area (Å²) in [6.07, 6.45) is 0. The maximum atomic E-state index is 3.43. The van der Waals surface area contributed by atoms with Gasteiger partial charge in [0.1, 0.15) is 0 Å². The lowest BCUT2D eigenvalue weighted by Gasteiger charge is -2.35. The van der Waals surface area contributed by atoms with E-state index < -0.39 is 0 Å². The Hall–Kier alpha value is -1.02. The molecule has 1 rings (SSSR count). The van der Waals surface area contributed by atoms with Crippen molar-refractivity contribution in [3.05, 3.63) is 29.3 Å². The lowest BCUT2D eigenvalue weighted by atomic mass is 9.86. The minimum Gasteiger partial charge on any atom is -0.373 e. The quantitative estimate of drug-likeness (QED) is 0.879. The Morgan fingerprint density at radius 3 is 2.28 bits per heavy atom. The van der Waals surface area contributed by atoms with Gasteiger partial charge in [0.05, 0.1) is 0 Å². The van der Waals surface area contributed by atoms with Crippen LogP contribution in [-0.4, -0.2) is 26.7 Å². The Kier molecular flexibility index (Phi) is 4.80. The van der Waals surface area contributed by atoms with E-state index in [0.29, 0.717) is 6.04 Å². The zero-order chi connectivity index (χ0) is 13.9. The van der Waals surface area contributed by atoms with Crippen molar-refractivity contribution in [3.63, 3.8) is 0 Å². The molecular weight excluding hydrogens is 220 g/mol. The number of nitrogens with zero attached hydrogens (tertiary/aromatic N) is 1. The molecule has 1 N–H and O–H groups in total. The van der Waals surface area contributed by atoms with Gasteiger partial charge in [-0.3, -0.25) is 0 Å². The van der Waals surface area contributed by atoms with Crippen LogP contribution in [0.15, 0.2) is 18.2 Å². The summed E-state index contributed by atoms with van der Waals surface area (Å²) < 4.78 is 0. The fraction of sp³-hybridized carbons (Fsp3) is 0.625. The molecule has 0 radical (unpaired) electrons. The number of likely N-dealkylation sites (N-methyl/N-ethyl adjacent to an activating group) is 2. The van der Waals surface area contributed by atoms with Crippen molar-refractivity contribution in [2.75, 3.05) is 25.5 Å². The molecule has 0 saturated heterocycles. The molecule has 18 heavy (non-hydrogen) atoms.